The van der Waals surface area contributed by atoms with Gasteiger partial charge in [0.25, 0.3) is 0 Å². The highest BCUT2D eigenvalue weighted by Gasteiger charge is 2.06. The Bertz CT molecular complexity index is 757. The van der Waals surface area contributed by atoms with Gasteiger partial charge in [0.2, 0.25) is 0 Å². The first-order valence-corrected chi connectivity index (χ1v) is 5.50. The third-order valence-corrected chi connectivity index (χ3v) is 2.75. The van der Waals surface area contributed by atoms with Crippen LogP contribution in [0.3, 0.4) is 0 Å². The first kappa shape index (κ1) is 10.4. The molecule has 0 saturated carbocycles. The molecule has 3 nitrogen and oxygen atoms in total. The van der Waals surface area contributed by atoms with E-state index in [1.165, 1.54) is 0 Å². The third-order valence-electron chi connectivity index (χ3n) is 2.75. The molecule has 0 aliphatic carbocycles. The van der Waals surface area contributed by atoms with Gasteiger partial charge in [-0.05, 0) is 30.3 Å². The van der Waals surface area contributed by atoms with Crippen LogP contribution in [-0.4, -0.2) is 9.97 Å². The van der Waals surface area contributed by atoms with Gasteiger partial charge in [0.05, 0.1) is 22.8 Å². The van der Waals surface area contributed by atoms with Gasteiger partial charge in [-0.3, -0.25) is 4.98 Å². The lowest BCUT2D eigenvalue weighted by atomic mass is 10.1. The van der Waals surface area contributed by atoms with Crippen molar-refractivity contribution in [2.45, 2.75) is 0 Å². The van der Waals surface area contributed by atoms with Gasteiger partial charge in [-0.2, -0.15) is 5.26 Å². The lowest BCUT2D eigenvalue weighted by Gasteiger charge is -2.04. The van der Waals surface area contributed by atoms with Crippen molar-refractivity contribution in [2.24, 2.45) is 0 Å². The van der Waals surface area contributed by atoms with Gasteiger partial charge in [0, 0.05) is 23.3 Å². The van der Waals surface area contributed by atoms with Crippen LogP contribution in [0.4, 0.5) is 0 Å². The molecule has 0 N–H and O–H groups in total. The van der Waals surface area contributed by atoms with Gasteiger partial charge in [0.1, 0.15) is 0 Å². The van der Waals surface area contributed by atoms with E-state index in [0.717, 1.165) is 22.2 Å². The highest BCUT2D eigenvalue weighted by molar-refractivity contribution is 5.82. The molecule has 0 atom stereocenters. The van der Waals surface area contributed by atoms with E-state index < -0.39 is 0 Å². The third kappa shape index (κ3) is 1.70. The van der Waals surface area contributed by atoms with E-state index in [1.807, 2.05) is 30.3 Å². The summed E-state index contributed by atoms with van der Waals surface area (Å²) in [5, 5.41) is 10.1. The zero-order chi connectivity index (χ0) is 12.4. The van der Waals surface area contributed by atoms with Crippen molar-refractivity contribution in [1.29, 1.82) is 5.26 Å². The SMILES string of the molecule is N#Cc1ccncc1-c1ccc2c[c]ccc2n1. The van der Waals surface area contributed by atoms with Gasteiger partial charge >= 0.3 is 0 Å². The van der Waals surface area contributed by atoms with E-state index in [4.69, 9.17) is 5.26 Å². The molecule has 83 valence electrons. The Morgan fingerprint density at radius 1 is 1.17 bits per heavy atom. The highest BCUT2D eigenvalue weighted by atomic mass is 14.7. The quantitative estimate of drug-likeness (QED) is 0.645. The first-order chi connectivity index (χ1) is 8.88. The van der Waals surface area contributed by atoms with E-state index >= 15 is 0 Å². The molecule has 3 rings (SSSR count). The fourth-order valence-corrected chi connectivity index (χ4v) is 1.85. The Morgan fingerprint density at radius 2 is 2.11 bits per heavy atom. The normalized spacial score (nSPS) is 10.2. The predicted molar refractivity (Wildman–Crippen MR) is 68.5 cm³/mol. The van der Waals surface area contributed by atoms with Crippen LogP contribution >= 0.6 is 0 Å². The maximum Gasteiger partial charge on any atom is 0.0999 e. The summed E-state index contributed by atoms with van der Waals surface area (Å²) >= 11 is 0. The van der Waals surface area contributed by atoms with E-state index in [2.05, 4.69) is 22.1 Å². The maximum atomic E-state index is 9.08. The summed E-state index contributed by atoms with van der Waals surface area (Å²) in [6, 6.07) is 16.4. The number of hydrogen-bond acceptors (Lipinski definition) is 3. The molecular weight excluding hydrogens is 222 g/mol. The fraction of sp³-hybridized carbons (Fsp3) is 0. The molecule has 1 radical (unpaired) electrons. The van der Waals surface area contributed by atoms with Crippen molar-refractivity contribution in [1.82, 2.24) is 9.97 Å². The molecule has 3 heteroatoms. The summed E-state index contributed by atoms with van der Waals surface area (Å²) in [6.07, 6.45) is 3.28. The molecular formula is C15H8N3. The number of hydrogen-bond donors (Lipinski definition) is 0. The van der Waals surface area contributed by atoms with Crippen LogP contribution in [-0.2, 0) is 0 Å². The van der Waals surface area contributed by atoms with Crippen molar-refractivity contribution in [3.05, 3.63) is 60.4 Å². The van der Waals surface area contributed by atoms with Crippen LogP contribution in [0.25, 0.3) is 22.2 Å². The van der Waals surface area contributed by atoms with Crippen LogP contribution < -0.4 is 0 Å². The molecule has 2 aromatic heterocycles. The minimum absolute atomic E-state index is 0.583. The number of nitriles is 1. The average Bonchev–Trinajstić information content (AvgIpc) is 2.46. The first-order valence-electron chi connectivity index (χ1n) is 5.50. The Labute approximate surface area is 104 Å². The monoisotopic (exact) mass is 230 g/mol. The number of aromatic nitrogens is 2. The van der Waals surface area contributed by atoms with Crippen LogP contribution in [0.2, 0.25) is 0 Å². The highest BCUT2D eigenvalue weighted by Crippen LogP contribution is 2.22. The standard InChI is InChI=1S/C15H8N3/c16-9-12-7-8-17-10-13(12)15-6-5-11-3-1-2-4-14(11)18-15/h2-8,10H. The van der Waals surface area contributed by atoms with Crippen molar-refractivity contribution in [3.8, 4) is 17.3 Å². The Morgan fingerprint density at radius 3 is 3.00 bits per heavy atom. The van der Waals surface area contributed by atoms with Crippen molar-refractivity contribution < 1.29 is 0 Å². The van der Waals surface area contributed by atoms with Crippen LogP contribution in [0.5, 0.6) is 0 Å². The van der Waals surface area contributed by atoms with Crippen molar-refractivity contribution >= 4 is 10.9 Å². The molecule has 18 heavy (non-hydrogen) atoms. The molecule has 1 aromatic carbocycles. The van der Waals surface area contributed by atoms with Gasteiger partial charge in [-0.1, -0.05) is 12.1 Å². The minimum Gasteiger partial charge on any atom is -0.264 e. The van der Waals surface area contributed by atoms with Crippen molar-refractivity contribution in [3.63, 3.8) is 0 Å². The Balaban J connectivity index is 2.23. The number of fused-ring (bicyclic) bond motifs is 1. The molecule has 0 aliphatic rings. The van der Waals surface area contributed by atoms with Crippen LogP contribution in [0, 0.1) is 17.4 Å². The summed E-state index contributed by atoms with van der Waals surface area (Å²) in [5.74, 6) is 0. The van der Waals surface area contributed by atoms with Gasteiger partial charge in [-0.15, -0.1) is 0 Å². The molecule has 0 spiro atoms. The van der Waals surface area contributed by atoms with Gasteiger partial charge < -0.3 is 0 Å². The Hall–Kier alpha value is -2.73. The molecule has 0 amide bonds. The zero-order valence-corrected chi connectivity index (χ0v) is 9.46. The molecule has 0 aliphatic heterocycles. The van der Waals surface area contributed by atoms with E-state index in [1.54, 1.807) is 18.5 Å². The topological polar surface area (TPSA) is 49.6 Å². The predicted octanol–water partition coefficient (Wildman–Crippen LogP) is 2.97. The smallest absolute Gasteiger partial charge is 0.0999 e. The second-order valence-corrected chi connectivity index (χ2v) is 3.85. The lowest BCUT2D eigenvalue weighted by molar-refractivity contribution is 1.29. The molecule has 3 aromatic rings. The molecule has 2 heterocycles. The number of nitrogens with zero attached hydrogens (tertiary/aromatic N) is 3. The van der Waals surface area contributed by atoms with Crippen molar-refractivity contribution in [2.75, 3.05) is 0 Å². The Kier molecular flexibility index (Phi) is 2.47. The minimum atomic E-state index is 0.583. The number of pyridine rings is 2. The second kappa shape index (κ2) is 4.27. The van der Waals surface area contributed by atoms with Gasteiger partial charge in [-0.25, -0.2) is 4.98 Å². The fourth-order valence-electron chi connectivity index (χ4n) is 1.85. The molecule has 0 bridgehead atoms. The number of rotatable bonds is 1. The lowest BCUT2D eigenvalue weighted by Crippen LogP contribution is -1.89. The average molecular weight is 230 g/mol. The van der Waals surface area contributed by atoms with E-state index in [0.29, 0.717) is 5.56 Å². The van der Waals surface area contributed by atoms with Crippen LogP contribution in [0.1, 0.15) is 5.56 Å². The second-order valence-electron chi connectivity index (χ2n) is 3.85. The maximum absolute atomic E-state index is 9.08. The summed E-state index contributed by atoms with van der Waals surface area (Å²) < 4.78 is 0. The summed E-state index contributed by atoms with van der Waals surface area (Å²) in [5.41, 5.74) is 2.99. The van der Waals surface area contributed by atoms with Crippen LogP contribution in [0.15, 0.2) is 48.8 Å². The molecule has 0 unspecified atom stereocenters. The van der Waals surface area contributed by atoms with E-state index in [-0.39, 0.29) is 0 Å². The summed E-state index contributed by atoms with van der Waals surface area (Å²) in [7, 11) is 0. The van der Waals surface area contributed by atoms with E-state index in [9.17, 15) is 0 Å². The molecule has 0 fully saturated rings. The zero-order valence-electron chi connectivity index (χ0n) is 9.46. The largest absolute Gasteiger partial charge is 0.264 e. The summed E-state index contributed by atoms with van der Waals surface area (Å²) in [6.45, 7) is 0. The number of benzene rings is 1. The molecule has 0 saturated heterocycles. The summed E-state index contributed by atoms with van der Waals surface area (Å²) in [4.78, 5) is 8.60. The van der Waals surface area contributed by atoms with Gasteiger partial charge in [0.15, 0.2) is 0 Å².